The Bertz CT molecular complexity index is 341. The summed E-state index contributed by atoms with van der Waals surface area (Å²) in [5, 5.41) is 10.2. The first-order valence-corrected chi connectivity index (χ1v) is 8.99. The molecule has 0 aromatic heterocycles. The molecule has 1 aliphatic rings. The van der Waals surface area contributed by atoms with Gasteiger partial charge in [0.1, 0.15) is 5.60 Å². The molecule has 3 nitrogen and oxygen atoms in total. The molecule has 1 rings (SSSR count). The summed E-state index contributed by atoms with van der Waals surface area (Å²) in [5.74, 6) is -0.213. The van der Waals surface area contributed by atoms with Crippen LogP contribution < -0.4 is 0 Å². The number of hydrogen-bond donors (Lipinski definition) is 1. The van der Waals surface area contributed by atoms with Crippen molar-refractivity contribution in [2.24, 2.45) is 0 Å². The average Bonchev–Trinajstić information content (AvgIpc) is 2.46. The zero-order valence-electron chi connectivity index (χ0n) is 11.7. The molecule has 0 aliphatic heterocycles. The summed E-state index contributed by atoms with van der Waals surface area (Å²) < 4.78 is 6.15. The molecule has 4 heteroatoms. The van der Waals surface area contributed by atoms with Crippen molar-refractivity contribution < 1.29 is 14.3 Å². The second-order valence-electron chi connectivity index (χ2n) is 6.46. The van der Waals surface area contributed by atoms with Gasteiger partial charge in [-0.25, -0.2) is 0 Å². The van der Waals surface area contributed by atoms with Gasteiger partial charge in [-0.05, 0) is 31.1 Å². The highest BCUT2D eigenvalue weighted by Crippen LogP contribution is 2.39. The molecule has 0 unspecified atom stereocenters. The maximum Gasteiger partial charge on any atom is 0.192 e. The van der Waals surface area contributed by atoms with Crippen molar-refractivity contribution in [3.8, 4) is 0 Å². The Morgan fingerprint density at radius 1 is 1.47 bits per heavy atom. The van der Waals surface area contributed by atoms with Gasteiger partial charge >= 0.3 is 0 Å². The summed E-state index contributed by atoms with van der Waals surface area (Å²) in [6.45, 7) is 12.3. The maximum atomic E-state index is 11.3. The van der Waals surface area contributed by atoms with E-state index in [-0.39, 0.29) is 16.9 Å². The van der Waals surface area contributed by atoms with E-state index in [1.54, 1.807) is 6.08 Å². The highest BCUT2D eigenvalue weighted by atomic mass is 28.4. The molecule has 0 aromatic carbocycles. The molecule has 0 bridgehead atoms. The van der Waals surface area contributed by atoms with Crippen LogP contribution in [0.5, 0.6) is 0 Å². The smallest absolute Gasteiger partial charge is 0.192 e. The van der Waals surface area contributed by atoms with E-state index < -0.39 is 13.9 Å². The zero-order chi connectivity index (χ0) is 13.5. The van der Waals surface area contributed by atoms with Crippen molar-refractivity contribution in [1.82, 2.24) is 0 Å². The van der Waals surface area contributed by atoms with E-state index in [4.69, 9.17) is 4.43 Å². The topological polar surface area (TPSA) is 46.5 Å². The molecule has 0 amide bonds. The molecule has 0 saturated carbocycles. The molecular formula is C13H24O3Si. The van der Waals surface area contributed by atoms with Crippen LogP contribution in [-0.2, 0) is 9.22 Å². The fraction of sp³-hybridized carbons (Fsp3) is 0.769. The predicted octanol–water partition coefficient (Wildman–Crippen LogP) is 2.66. The Labute approximate surface area is 105 Å². The largest absolute Gasteiger partial charge is 0.410 e. The molecular weight excluding hydrogens is 232 g/mol. The van der Waals surface area contributed by atoms with Crippen LogP contribution in [-0.4, -0.2) is 30.9 Å². The fourth-order valence-electron chi connectivity index (χ4n) is 1.61. The van der Waals surface area contributed by atoms with Gasteiger partial charge in [0.15, 0.2) is 14.1 Å². The third-order valence-corrected chi connectivity index (χ3v) is 8.47. The van der Waals surface area contributed by atoms with Gasteiger partial charge < -0.3 is 9.53 Å². The van der Waals surface area contributed by atoms with Crippen LogP contribution in [0.1, 0.15) is 34.1 Å². The van der Waals surface area contributed by atoms with Crippen molar-refractivity contribution in [3.63, 3.8) is 0 Å². The van der Waals surface area contributed by atoms with Gasteiger partial charge in [-0.15, -0.1) is 0 Å². The van der Waals surface area contributed by atoms with E-state index in [1.807, 2.05) is 6.08 Å². The second kappa shape index (κ2) is 4.34. The minimum atomic E-state index is -1.84. The van der Waals surface area contributed by atoms with Crippen LogP contribution in [0.4, 0.5) is 0 Å². The van der Waals surface area contributed by atoms with E-state index in [0.717, 1.165) is 0 Å². The Balaban J connectivity index is 2.70. The van der Waals surface area contributed by atoms with E-state index in [2.05, 4.69) is 33.9 Å². The van der Waals surface area contributed by atoms with Crippen LogP contribution in [0.25, 0.3) is 0 Å². The summed E-state index contributed by atoms with van der Waals surface area (Å²) >= 11 is 0. The zero-order valence-corrected chi connectivity index (χ0v) is 12.7. The van der Waals surface area contributed by atoms with Crippen molar-refractivity contribution in [2.75, 3.05) is 0 Å². The second-order valence-corrected chi connectivity index (χ2v) is 11.2. The molecule has 0 fully saturated rings. The van der Waals surface area contributed by atoms with Crippen molar-refractivity contribution in [3.05, 3.63) is 12.2 Å². The third-order valence-electron chi connectivity index (χ3n) is 3.96. The number of rotatable bonds is 3. The lowest BCUT2D eigenvalue weighted by Gasteiger charge is -2.38. The number of carbonyl (C=O) groups is 1. The number of carbonyl (C=O) groups excluding carboxylic acids is 1. The lowest BCUT2D eigenvalue weighted by atomic mass is 9.99. The minimum absolute atomic E-state index is 0.134. The Hall–Kier alpha value is -0.453. The molecule has 0 radical (unpaired) electrons. The van der Waals surface area contributed by atoms with Crippen molar-refractivity contribution >= 4 is 14.1 Å². The Kier molecular flexibility index (Phi) is 3.73. The number of hydrogen-bond acceptors (Lipinski definition) is 3. The quantitative estimate of drug-likeness (QED) is 0.624. The first-order valence-electron chi connectivity index (χ1n) is 6.08. The summed E-state index contributed by atoms with van der Waals surface area (Å²) in [4.78, 5) is 11.3. The average molecular weight is 256 g/mol. The van der Waals surface area contributed by atoms with Crippen LogP contribution in [0.2, 0.25) is 18.1 Å². The van der Waals surface area contributed by atoms with Gasteiger partial charge in [0, 0.05) is 6.42 Å². The van der Waals surface area contributed by atoms with E-state index in [0.29, 0.717) is 6.42 Å². The number of aliphatic hydroxyl groups is 1. The van der Waals surface area contributed by atoms with Crippen LogP contribution in [0.15, 0.2) is 12.2 Å². The predicted molar refractivity (Wildman–Crippen MR) is 71.5 cm³/mol. The van der Waals surface area contributed by atoms with Crippen LogP contribution in [0.3, 0.4) is 0 Å². The summed E-state index contributed by atoms with van der Waals surface area (Å²) in [6, 6.07) is 0. The Morgan fingerprint density at radius 3 is 2.35 bits per heavy atom. The lowest BCUT2D eigenvalue weighted by molar-refractivity contribution is -0.131. The van der Waals surface area contributed by atoms with E-state index >= 15 is 0 Å². The van der Waals surface area contributed by atoms with Gasteiger partial charge in [-0.1, -0.05) is 26.8 Å². The first kappa shape index (κ1) is 14.6. The van der Waals surface area contributed by atoms with E-state index in [9.17, 15) is 9.90 Å². The standard InChI is InChI=1S/C13H24O3Si/c1-10(14)13(15)8-7-11(9-13)16-17(5,6)12(2,3)4/h7-8,11,15H,9H2,1-6H3/t11-,13+/m0/s1. The first-order chi connectivity index (χ1) is 7.48. The molecule has 2 atom stereocenters. The summed E-state index contributed by atoms with van der Waals surface area (Å²) in [7, 11) is -1.84. The molecule has 0 aromatic rings. The molecule has 98 valence electrons. The van der Waals surface area contributed by atoms with Gasteiger partial charge in [0.05, 0.1) is 6.10 Å². The fourth-order valence-corrected chi connectivity index (χ4v) is 2.88. The molecule has 0 saturated heterocycles. The SMILES string of the molecule is CC(=O)[C@@]1(O)C=C[C@H](O[Si](C)(C)C(C)(C)C)C1. The molecule has 0 heterocycles. The van der Waals surface area contributed by atoms with E-state index in [1.165, 1.54) is 6.92 Å². The summed E-state index contributed by atoms with van der Waals surface area (Å²) in [6.07, 6.45) is 3.62. The lowest BCUT2D eigenvalue weighted by Crippen LogP contribution is -2.44. The summed E-state index contributed by atoms with van der Waals surface area (Å²) in [5.41, 5.74) is -1.31. The molecule has 1 aliphatic carbocycles. The minimum Gasteiger partial charge on any atom is -0.410 e. The van der Waals surface area contributed by atoms with Crippen molar-refractivity contribution in [2.45, 2.75) is 64.0 Å². The highest BCUT2D eigenvalue weighted by Gasteiger charge is 2.43. The van der Waals surface area contributed by atoms with Gasteiger partial charge in [0.2, 0.25) is 0 Å². The Morgan fingerprint density at radius 2 is 2.00 bits per heavy atom. The van der Waals surface area contributed by atoms with Crippen molar-refractivity contribution in [1.29, 1.82) is 0 Å². The molecule has 0 spiro atoms. The maximum absolute atomic E-state index is 11.3. The molecule has 1 N–H and O–H groups in total. The number of Topliss-reactive ketones (excluding diaryl/α,β-unsaturated/α-hetero) is 1. The van der Waals surface area contributed by atoms with Gasteiger partial charge in [-0.3, -0.25) is 4.79 Å². The van der Waals surface area contributed by atoms with Gasteiger partial charge in [-0.2, -0.15) is 0 Å². The number of ketones is 1. The molecule has 17 heavy (non-hydrogen) atoms. The van der Waals surface area contributed by atoms with Crippen LogP contribution in [0, 0.1) is 0 Å². The van der Waals surface area contributed by atoms with Gasteiger partial charge in [0.25, 0.3) is 0 Å². The normalized spacial score (nSPS) is 29.7. The monoisotopic (exact) mass is 256 g/mol. The van der Waals surface area contributed by atoms with Crippen LogP contribution >= 0.6 is 0 Å². The third kappa shape index (κ3) is 3.06. The highest BCUT2D eigenvalue weighted by molar-refractivity contribution is 6.74.